The molecule has 0 saturated heterocycles. The Morgan fingerprint density at radius 3 is 2.00 bits per heavy atom. The summed E-state index contributed by atoms with van der Waals surface area (Å²) in [5.41, 5.74) is 5.02. The molecule has 1 unspecified atom stereocenters. The van der Waals surface area contributed by atoms with Crippen molar-refractivity contribution in [2.45, 2.75) is 33.2 Å². The molecule has 56 valence electrons. The van der Waals surface area contributed by atoms with Crippen LogP contribution in [0.3, 0.4) is 0 Å². The predicted octanol–water partition coefficient (Wildman–Crippen LogP) is 0.834. The van der Waals surface area contributed by atoms with Gasteiger partial charge in [0.15, 0.2) is 0 Å². The van der Waals surface area contributed by atoms with E-state index in [0.717, 1.165) is 0 Å². The molecule has 1 atom stereocenters. The zero-order valence-electron chi connectivity index (χ0n) is 6.22. The Morgan fingerprint density at radius 1 is 1.67 bits per heavy atom. The molecular weight excluding hydrogens is 118 g/mol. The second kappa shape index (κ2) is 7.43. The van der Waals surface area contributed by atoms with Crippen LogP contribution >= 0.6 is 0 Å². The minimum Gasteiger partial charge on any atom is -0.480 e. The molecule has 0 aliphatic heterocycles. The van der Waals surface area contributed by atoms with Gasteiger partial charge in [0.2, 0.25) is 0 Å². The lowest BCUT2D eigenvalue weighted by Gasteiger charge is -1.97. The Hall–Kier alpha value is -0.570. The topological polar surface area (TPSA) is 63.3 Å². The van der Waals surface area contributed by atoms with E-state index in [9.17, 15) is 4.79 Å². The second-order valence-electron chi connectivity index (χ2n) is 1.35. The molecule has 0 rings (SSSR count). The molecule has 0 bridgehead atoms. The third-order valence-corrected chi connectivity index (χ3v) is 0.757. The average molecular weight is 133 g/mol. The van der Waals surface area contributed by atoms with E-state index in [2.05, 4.69) is 0 Å². The van der Waals surface area contributed by atoms with E-state index in [1.807, 2.05) is 13.8 Å². The maximum absolute atomic E-state index is 9.81. The summed E-state index contributed by atoms with van der Waals surface area (Å²) in [5.74, 6) is -0.928. The van der Waals surface area contributed by atoms with E-state index in [4.69, 9.17) is 10.8 Å². The van der Waals surface area contributed by atoms with Crippen molar-refractivity contribution in [3.63, 3.8) is 0 Å². The summed E-state index contributed by atoms with van der Waals surface area (Å²) in [7, 11) is 0. The Balaban J connectivity index is 0. The van der Waals surface area contributed by atoms with Crippen LogP contribution in [0.5, 0.6) is 0 Å². The molecule has 0 spiro atoms. The smallest absolute Gasteiger partial charge is 0.320 e. The van der Waals surface area contributed by atoms with E-state index >= 15 is 0 Å². The molecule has 0 aromatic heterocycles. The van der Waals surface area contributed by atoms with Crippen LogP contribution in [-0.4, -0.2) is 17.1 Å². The molecule has 0 aromatic rings. The third kappa shape index (κ3) is 7.43. The summed E-state index contributed by atoms with van der Waals surface area (Å²) in [5, 5.41) is 8.06. The number of hydrogen-bond acceptors (Lipinski definition) is 2. The van der Waals surface area contributed by atoms with Gasteiger partial charge in [0.1, 0.15) is 6.04 Å². The summed E-state index contributed by atoms with van der Waals surface area (Å²) in [6.07, 6.45) is 0.495. The number of carbonyl (C=O) groups is 1. The molecule has 3 nitrogen and oxygen atoms in total. The summed E-state index contributed by atoms with van der Waals surface area (Å²) >= 11 is 0. The van der Waals surface area contributed by atoms with Crippen molar-refractivity contribution >= 4 is 5.97 Å². The summed E-state index contributed by atoms with van der Waals surface area (Å²) in [4.78, 5) is 9.81. The van der Waals surface area contributed by atoms with E-state index in [0.29, 0.717) is 6.42 Å². The number of nitrogens with two attached hydrogens (primary N) is 1. The van der Waals surface area contributed by atoms with Gasteiger partial charge in [-0.2, -0.15) is 0 Å². The largest absolute Gasteiger partial charge is 0.480 e. The van der Waals surface area contributed by atoms with Gasteiger partial charge in [0, 0.05) is 0 Å². The van der Waals surface area contributed by atoms with Gasteiger partial charge in [-0.1, -0.05) is 20.8 Å². The molecular formula is C6H15NO2. The van der Waals surface area contributed by atoms with Gasteiger partial charge in [-0.15, -0.1) is 0 Å². The van der Waals surface area contributed by atoms with Gasteiger partial charge in [-0.25, -0.2) is 0 Å². The minimum atomic E-state index is -0.928. The van der Waals surface area contributed by atoms with Crippen LogP contribution in [0.25, 0.3) is 0 Å². The first-order valence-electron chi connectivity index (χ1n) is 3.17. The molecule has 0 fully saturated rings. The van der Waals surface area contributed by atoms with Crippen molar-refractivity contribution in [2.75, 3.05) is 0 Å². The maximum atomic E-state index is 9.81. The molecule has 0 aliphatic rings. The second-order valence-corrected chi connectivity index (χ2v) is 1.35. The highest BCUT2D eigenvalue weighted by Crippen LogP contribution is 1.82. The standard InChI is InChI=1S/C4H9NO2.C2H6/c1-2-3(5)4(6)7;1-2/h3H,2,5H2,1H3,(H,6,7);1-2H3. The molecule has 0 heterocycles. The SMILES string of the molecule is CC.CCC(N)C(=O)O. The van der Waals surface area contributed by atoms with E-state index in [1.165, 1.54) is 0 Å². The van der Waals surface area contributed by atoms with Crippen molar-refractivity contribution < 1.29 is 9.90 Å². The Labute approximate surface area is 55.9 Å². The van der Waals surface area contributed by atoms with E-state index < -0.39 is 12.0 Å². The Bertz CT molecular complexity index is 73.5. The van der Waals surface area contributed by atoms with Crippen LogP contribution in [0.1, 0.15) is 27.2 Å². The molecule has 0 radical (unpaired) electrons. The van der Waals surface area contributed by atoms with Crippen molar-refractivity contribution in [1.82, 2.24) is 0 Å². The van der Waals surface area contributed by atoms with Gasteiger partial charge in [0.05, 0.1) is 0 Å². The summed E-state index contributed by atoms with van der Waals surface area (Å²) in [6.45, 7) is 5.73. The number of rotatable bonds is 2. The molecule has 0 aliphatic carbocycles. The van der Waals surface area contributed by atoms with Gasteiger partial charge in [-0.05, 0) is 6.42 Å². The lowest BCUT2D eigenvalue weighted by molar-refractivity contribution is -0.138. The summed E-state index contributed by atoms with van der Waals surface area (Å²) in [6, 6.07) is -0.681. The van der Waals surface area contributed by atoms with Crippen LogP contribution in [0, 0.1) is 0 Å². The highest BCUT2D eigenvalue weighted by Gasteiger charge is 2.05. The van der Waals surface area contributed by atoms with Crippen molar-refractivity contribution in [2.24, 2.45) is 5.73 Å². The van der Waals surface area contributed by atoms with Gasteiger partial charge in [-0.3, -0.25) is 4.79 Å². The lowest BCUT2D eigenvalue weighted by atomic mass is 10.2. The van der Waals surface area contributed by atoms with Crippen LogP contribution < -0.4 is 5.73 Å². The normalized spacial score (nSPS) is 11.1. The summed E-state index contributed by atoms with van der Waals surface area (Å²) < 4.78 is 0. The first-order chi connectivity index (χ1) is 4.18. The minimum absolute atomic E-state index is 0.495. The van der Waals surface area contributed by atoms with Gasteiger partial charge >= 0.3 is 5.97 Å². The molecule has 3 heteroatoms. The van der Waals surface area contributed by atoms with E-state index in [1.54, 1.807) is 6.92 Å². The molecule has 0 aromatic carbocycles. The van der Waals surface area contributed by atoms with Crippen molar-refractivity contribution in [1.29, 1.82) is 0 Å². The third-order valence-electron chi connectivity index (χ3n) is 0.757. The lowest BCUT2D eigenvalue weighted by Crippen LogP contribution is -2.28. The van der Waals surface area contributed by atoms with Crippen LogP contribution in [0.2, 0.25) is 0 Å². The highest BCUT2D eigenvalue weighted by atomic mass is 16.4. The molecule has 0 saturated carbocycles. The van der Waals surface area contributed by atoms with E-state index in [-0.39, 0.29) is 0 Å². The van der Waals surface area contributed by atoms with Gasteiger partial charge < -0.3 is 10.8 Å². The quantitative estimate of drug-likeness (QED) is 0.586. The fraction of sp³-hybridized carbons (Fsp3) is 0.833. The number of aliphatic carboxylic acids is 1. The van der Waals surface area contributed by atoms with Gasteiger partial charge in [0.25, 0.3) is 0 Å². The fourth-order valence-corrected chi connectivity index (χ4v) is 0.175. The number of carboxylic acids is 1. The Morgan fingerprint density at radius 2 is 2.00 bits per heavy atom. The first-order valence-corrected chi connectivity index (χ1v) is 3.17. The molecule has 3 N–H and O–H groups in total. The maximum Gasteiger partial charge on any atom is 0.320 e. The zero-order chi connectivity index (χ0) is 7.86. The number of carboxylic acid groups (broad SMARTS) is 1. The monoisotopic (exact) mass is 133 g/mol. The predicted molar refractivity (Wildman–Crippen MR) is 37.3 cm³/mol. The van der Waals surface area contributed by atoms with Crippen molar-refractivity contribution in [3.8, 4) is 0 Å². The highest BCUT2D eigenvalue weighted by molar-refractivity contribution is 5.72. The Kier molecular flexibility index (Phi) is 9.29. The van der Waals surface area contributed by atoms with Crippen molar-refractivity contribution in [3.05, 3.63) is 0 Å². The van der Waals surface area contributed by atoms with Crippen LogP contribution in [0.15, 0.2) is 0 Å². The van der Waals surface area contributed by atoms with Crippen LogP contribution in [-0.2, 0) is 4.79 Å². The molecule has 0 amide bonds. The fourth-order valence-electron chi connectivity index (χ4n) is 0.175. The number of hydrogen-bond donors (Lipinski definition) is 2. The average Bonchev–Trinajstić information content (AvgIpc) is 1.91. The first kappa shape index (κ1) is 11.3. The molecule has 9 heavy (non-hydrogen) atoms. The zero-order valence-corrected chi connectivity index (χ0v) is 6.22. The van der Waals surface area contributed by atoms with Crippen LogP contribution in [0.4, 0.5) is 0 Å².